The fraction of sp³-hybridized carbons (Fsp3) is 0.571. The lowest BCUT2D eigenvalue weighted by molar-refractivity contribution is 0.00811. The molecule has 0 saturated carbocycles. The Hall–Kier alpha value is -3.52. The van der Waals surface area contributed by atoms with Crippen LogP contribution in [0.15, 0.2) is 41.1 Å². The Morgan fingerprint density at radius 3 is 0.716 bits per heavy atom. The summed E-state index contributed by atoms with van der Waals surface area (Å²) in [5, 5.41) is 4.41. The maximum absolute atomic E-state index is 6.82. The molecule has 0 N–H and O–H groups in total. The van der Waals surface area contributed by atoms with Gasteiger partial charge in [-0.15, -0.1) is 0 Å². The molecule has 2 aromatic heterocycles. The van der Waals surface area contributed by atoms with Gasteiger partial charge < -0.3 is 31.0 Å². The second kappa shape index (κ2) is 20.4. The van der Waals surface area contributed by atoms with Crippen molar-refractivity contribution in [2.24, 2.45) is 0 Å². The molecule has 0 aliphatic carbocycles. The fourth-order valence-electron chi connectivity index (χ4n) is 8.71. The zero-order chi connectivity index (χ0) is 49.6. The average molecular weight is 959 g/mol. The molecule has 6 aromatic rings. The van der Waals surface area contributed by atoms with Crippen molar-refractivity contribution >= 4 is 60.4 Å². The molecule has 368 valence electrons. The van der Waals surface area contributed by atoms with Gasteiger partial charge in [-0.25, -0.2) is 0 Å². The molecule has 0 aliphatic heterocycles. The Morgan fingerprint density at radius 1 is 0.328 bits per heavy atom. The van der Waals surface area contributed by atoms with Crippen LogP contribution in [0.5, 0.6) is 0 Å². The van der Waals surface area contributed by atoms with E-state index >= 15 is 0 Å². The van der Waals surface area contributed by atoms with Crippen molar-refractivity contribution in [1.82, 2.24) is 0 Å². The molecule has 0 bridgehead atoms. The van der Waals surface area contributed by atoms with E-state index in [0.29, 0.717) is 52.9 Å². The number of rotatable bonds is 14. The highest BCUT2D eigenvalue weighted by molar-refractivity contribution is 7.32. The second-order valence-corrected chi connectivity index (χ2v) is 24.7. The van der Waals surface area contributed by atoms with E-state index in [4.69, 9.17) is 40.0 Å². The lowest BCUT2D eigenvalue weighted by atomic mass is 9.81. The van der Waals surface area contributed by atoms with E-state index in [1.807, 2.05) is 0 Å². The van der Waals surface area contributed by atoms with Crippen molar-refractivity contribution in [2.75, 3.05) is 52.9 Å². The first-order valence-corrected chi connectivity index (χ1v) is 26.2. The molecule has 0 amide bonds. The van der Waals surface area contributed by atoms with Crippen molar-refractivity contribution in [1.29, 1.82) is 0 Å². The molecule has 2 heterocycles. The zero-order valence-corrected chi connectivity index (χ0v) is 46.3. The van der Waals surface area contributed by atoms with Crippen LogP contribution in [0.3, 0.4) is 0 Å². The van der Waals surface area contributed by atoms with Gasteiger partial charge in [0.05, 0.1) is 52.9 Å². The van der Waals surface area contributed by atoms with E-state index in [2.05, 4.69) is 163 Å². The van der Waals surface area contributed by atoms with Crippen molar-refractivity contribution in [3.8, 4) is 0 Å². The summed E-state index contributed by atoms with van der Waals surface area (Å²) in [7, 11) is -3.56. The third kappa shape index (κ3) is 11.6. The first-order chi connectivity index (χ1) is 31.1. The molecule has 6 rings (SSSR count). The predicted octanol–water partition coefficient (Wildman–Crippen LogP) is 16.2. The summed E-state index contributed by atoms with van der Waals surface area (Å²) in [6.45, 7) is 47.3. The van der Waals surface area contributed by atoms with E-state index in [0.717, 1.165) is 66.1 Å². The molecule has 0 spiro atoms. The summed E-state index contributed by atoms with van der Waals surface area (Å²) >= 11 is 0. The quantitative estimate of drug-likeness (QED) is 0.0988. The number of hydrogen-bond acceptors (Lipinski definition) is 9. The van der Waals surface area contributed by atoms with Crippen LogP contribution in [0.2, 0.25) is 0 Å². The normalized spacial score (nSPS) is 13.0. The summed E-state index contributed by atoms with van der Waals surface area (Å²) in [5.41, 5.74) is 17.0. The molecule has 0 saturated heterocycles. The topological polar surface area (TPSA) is 98.7 Å². The molecule has 0 fully saturated rings. The highest BCUT2D eigenvalue weighted by Gasteiger charge is 2.29. The Morgan fingerprint density at radius 2 is 0.522 bits per heavy atom. The van der Waals surface area contributed by atoms with Crippen LogP contribution in [0.4, 0.5) is 0 Å². The van der Waals surface area contributed by atoms with Gasteiger partial charge in [-0.1, -0.05) is 107 Å². The summed E-state index contributed by atoms with van der Waals surface area (Å²) in [6, 6.07) is 9.05. The maximum atomic E-state index is 6.82. The van der Waals surface area contributed by atoms with Gasteiger partial charge in [0.2, 0.25) is 0 Å². The summed E-state index contributed by atoms with van der Waals surface area (Å²) in [5.74, 6) is 0. The Balaban J connectivity index is 1.07. The minimum Gasteiger partial charge on any atom is -0.399 e. The standard InChI is InChI=1S/C56H80O9P2/c1-33-29-41(53(9,10)11)49-45(37(33)5)46-38(6)34(2)30-42(54(12,13)14)50(46)63-66(62-49)60-27-25-58-23-21-57-22-24-59-26-28-61-67-64-51-43(55(15,16)17)31-35(3)39(7)47(51)48-40(8)36(4)32-44(52(48)65-67)56(18,19)20/h29-32H,21-28H2,1-20H3. The fourth-order valence-corrected chi connectivity index (χ4v) is 10.8. The van der Waals surface area contributed by atoms with Crippen LogP contribution >= 0.6 is 16.5 Å². The molecule has 11 heteroatoms. The highest BCUT2D eigenvalue weighted by Crippen LogP contribution is 2.47. The lowest BCUT2D eigenvalue weighted by Crippen LogP contribution is -2.14. The van der Waals surface area contributed by atoms with Gasteiger partial charge in [-0.2, -0.15) is 0 Å². The molecule has 67 heavy (non-hydrogen) atoms. The second-order valence-electron chi connectivity index (χ2n) is 22.6. The van der Waals surface area contributed by atoms with Gasteiger partial charge in [0, 0.05) is 43.8 Å². The van der Waals surface area contributed by atoms with Gasteiger partial charge in [-0.3, -0.25) is 9.05 Å². The average Bonchev–Trinajstić information content (AvgIpc) is 3.49. The van der Waals surface area contributed by atoms with E-state index in [1.54, 1.807) is 0 Å². The van der Waals surface area contributed by atoms with Gasteiger partial charge >= 0.3 is 16.5 Å². The predicted molar refractivity (Wildman–Crippen MR) is 281 cm³/mol. The van der Waals surface area contributed by atoms with Crippen molar-refractivity contribution in [3.05, 3.63) is 91.0 Å². The number of aryl methyl sites for hydroxylation is 8. The van der Waals surface area contributed by atoms with E-state index in [9.17, 15) is 0 Å². The van der Waals surface area contributed by atoms with E-state index < -0.39 is 16.5 Å². The van der Waals surface area contributed by atoms with E-state index in [1.165, 1.54) is 44.5 Å². The minimum atomic E-state index is -1.78. The third-order valence-electron chi connectivity index (χ3n) is 13.2. The Labute approximate surface area is 402 Å². The number of fused-ring (bicyclic) bond motifs is 6. The van der Waals surface area contributed by atoms with Gasteiger partial charge in [0.15, 0.2) is 0 Å². The molecule has 0 atom stereocenters. The molecular formula is C56H80O9P2. The van der Waals surface area contributed by atoms with Gasteiger partial charge in [-0.05, 0) is 122 Å². The molecular weight excluding hydrogens is 879 g/mol. The van der Waals surface area contributed by atoms with Crippen molar-refractivity contribution in [2.45, 2.75) is 160 Å². The van der Waals surface area contributed by atoms with Crippen LogP contribution in [0, 0.1) is 55.4 Å². The number of hydrogen-bond donors (Lipinski definition) is 0. The van der Waals surface area contributed by atoms with Crippen LogP contribution < -0.4 is 9.05 Å². The van der Waals surface area contributed by atoms with Gasteiger partial charge in [0.1, 0.15) is 22.3 Å². The molecule has 0 unspecified atom stereocenters. The lowest BCUT2D eigenvalue weighted by Gasteiger charge is -2.23. The monoisotopic (exact) mass is 959 g/mol. The van der Waals surface area contributed by atoms with Crippen LogP contribution in [-0.2, 0) is 35.9 Å². The molecule has 0 aliphatic rings. The van der Waals surface area contributed by atoms with Crippen LogP contribution in [0.25, 0.3) is 43.9 Å². The minimum absolute atomic E-state index is 0.161. The summed E-state index contributed by atoms with van der Waals surface area (Å²) < 4.78 is 57.8. The Kier molecular flexibility index (Phi) is 16.1. The summed E-state index contributed by atoms with van der Waals surface area (Å²) in [4.78, 5) is 0. The molecule has 9 nitrogen and oxygen atoms in total. The number of benzene rings is 4. The maximum Gasteiger partial charge on any atom is 0.387 e. The smallest absolute Gasteiger partial charge is 0.387 e. The zero-order valence-electron chi connectivity index (χ0n) is 44.5. The highest BCUT2D eigenvalue weighted by atomic mass is 31.1. The van der Waals surface area contributed by atoms with Crippen molar-refractivity contribution < 1.29 is 40.0 Å². The first kappa shape index (κ1) is 52.8. The Bertz CT molecular complexity index is 2490. The van der Waals surface area contributed by atoms with Crippen molar-refractivity contribution in [3.63, 3.8) is 0 Å². The summed E-state index contributed by atoms with van der Waals surface area (Å²) in [6.07, 6.45) is 0. The van der Waals surface area contributed by atoms with Crippen LogP contribution in [0.1, 0.15) is 150 Å². The molecule has 4 aromatic carbocycles. The SMILES string of the molecule is Cc1cc(C(C)(C)C)c2op(OCCOCCOCCOCCOp3oc4c(C(C)(C)C)cc(C)c(C)c4c4c(C)c(C)cc(C(C)(C)C)c4o3)oc3c(C(C)(C)C)cc(C)c(C)c3c2c1C. The number of ether oxygens (including phenoxy) is 3. The largest absolute Gasteiger partial charge is 0.399 e. The van der Waals surface area contributed by atoms with Gasteiger partial charge in [0.25, 0.3) is 0 Å². The van der Waals surface area contributed by atoms with Crippen LogP contribution in [-0.4, -0.2) is 52.9 Å². The van der Waals surface area contributed by atoms with E-state index in [-0.39, 0.29) is 21.7 Å². The third-order valence-corrected chi connectivity index (χ3v) is 15.3. The molecule has 0 radical (unpaired) electrons. The first-order valence-electron chi connectivity index (χ1n) is 24.0.